The van der Waals surface area contributed by atoms with Gasteiger partial charge in [0.15, 0.2) is 0 Å². The summed E-state index contributed by atoms with van der Waals surface area (Å²) in [6, 6.07) is 9.86. The van der Waals surface area contributed by atoms with Gasteiger partial charge in [-0.05, 0) is 31.2 Å². The van der Waals surface area contributed by atoms with Crippen molar-refractivity contribution in [1.29, 1.82) is 0 Å². The van der Waals surface area contributed by atoms with Crippen molar-refractivity contribution >= 4 is 6.03 Å². The number of hydrogen-bond donors (Lipinski definition) is 3. The highest BCUT2D eigenvalue weighted by molar-refractivity contribution is 5.73. The molecular weight excluding hydrogens is 264 g/mol. The van der Waals surface area contributed by atoms with E-state index >= 15 is 0 Å². The fourth-order valence-corrected chi connectivity index (χ4v) is 2.23. The molecule has 21 heavy (non-hydrogen) atoms. The normalized spacial score (nSPS) is 13.8. The van der Waals surface area contributed by atoms with Gasteiger partial charge in [-0.2, -0.15) is 0 Å². The molecule has 0 aliphatic carbocycles. The molecule has 0 spiro atoms. The summed E-state index contributed by atoms with van der Waals surface area (Å²) >= 11 is 0. The van der Waals surface area contributed by atoms with Crippen molar-refractivity contribution in [2.24, 2.45) is 5.92 Å². The van der Waals surface area contributed by atoms with Gasteiger partial charge in [0, 0.05) is 19.0 Å². The van der Waals surface area contributed by atoms with Crippen LogP contribution in [0, 0.1) is 5.92 Å². The number of rotatable bonds is 8. The van der Waals surface area contributed by atoms with Gasteiger partial charge in [-0.3, -0.25) is 0 Å². The van der Waals surface area contributed by atoms with E-state index in [-0.39, 0.29) is 18.1 Å². The van der Waals surface area contributed by atoms with Gasteiger partial charge in [-0.1, -0.05) is 44.2 Å². The van der Waals surface area contributed by atoms with Crippen LogP contribution in [0.4, 0.5) is 4.79 Å². The number of urea groups is 1. The molecule has 0 aliphatic rings. The summed E-state index contributed by atoms with van der Waals surface area (Å²) < 4.78 is 0. The highest BCUT2D eigenvalue weighted by Gasteiger charge is 2.15. The molecule has 118 valence electrons. The van der Waals surface area contributed by atoms with Crippen molar-refractivity contribution in [3.63, 3.8) is 0 Å². The minimum Gasteiger partial charge on any atom is -0.393 e. The molecule has 0 bridgehead atoms. The minimum atomic E-state index is -0.388. The summed E-state index contributed by atoms with van der Waals surface area (Å²) in [6.07, 6.45) is 1.22. The van der Waals surface area contributed by atoms with Gasteiger partial charge in [-0.15, -0.1) is 0 Å². The molecule has 2 amide bonds. The molecule has 1 aromatic carbocycles. The predicted molar refractivity (Wildman–Crippen MR) is 86.3 cm³/mol. The maximum atomic E-state index is 11.8. The van der Waals surface area contributed by atoms with E-state index in [0.29, 0.717) is 25.4 Å². The number of aliphatic hydroxyl groups is 1. The van der Waals surface area contributed by atoms with Crippen molar-refractivity contribution in [1.82, 2.24) is 10.6 Å². The van der Waals surface area contributed by atoms with E-state index in [4.69, 9.17) is 0 Å². The van der Waals surface area contributed by atoms with Crippen LogP contribution < -0.4 is 10.6 Å². The average molecular weight is 292 g/mol. The molecular formula is C17H28N2O2. The molecule has 2 unspecified atom stereocenters. The lowest BCUT2D eigenvalue weighted by atomic mass is 9.93. The first-order valence-corrected chi connectivity index (χ1v) is 7.73. The molecule has 4 nitrogen and oxygen atoms in total. The molecule has 1 rings (SSSR count). The smallest absolute Gasteiger partial charge is 0.314 e. The summed E-state index contributed by atoms with van der Waals surface area (Å²) in [6.45, 7) is 7.26. The van der Waals surface area contributed by atoms with Crippen LogP contribution >= 0.6 is 0 Å². The third-order valence-corrected chi connectivity index (χ3v) is 3.41. The minimum absolute atomic E-state index is 0.127. The zero-order valence-corrected chi connectivity index (χ0v) is 13.3. The lowest BCUT2D eigenvalue weighted by Gasteiger charge is -2.20. The number of benzene rings is 1. The Morgan fingerprint density at radius 1 is 1.14 bits per heavy atom. The molecule has 0 aromatic heterocycles. The van der Waals surface area contributed by atoms with E-state index in [1.54, 1.807) is 6.92 Å². The van der Waals surface area contributed by atoms with Gasteiger partial charge in [0.1, 0.15) is 0 Å². The number of amides is 2. The van der Waals surface area contributed by atoms with Gasteiger partial charge >= 0.3 is 6.03 Å². The highest BCUT2D eigenvalue weighted by Crippen LogP contribution is 2.20. The monoisotopic (exact) mass is 292 g/mol. The molecule has 0 saturated carbocycles. The standard InChI is InChI=1S/C17H28N2O2/c1-13(2)9-10-18-17(21)19-12-16(11-14(3)20)15-7-5-4-6-8-15/h4-8,13-14,16,20H,9-12H2,1-3H3,(H2,18,19,21). The second kappa shape index (κ2) is 9.40. The Balaban J connectivity index is 2.45. The highest BCUT2D eigenvalue weighted by atomic mass is 16.3. The van der Waals surface area contributed by atoms with Crippen molar-refractivity contribution < 1.29 is 9.90 Å². The second-order valence-electron chi connectivity index (χ2n) is 6.01. The van der Waals surface area contributed by atoms with E-state index < -0.39 is 0 Å². The SMILES string of the molecule is CC(C)CCNC(=O)NCC(CC(C)O)c1ccccc1. The van der Waals surface area contributed by atoms with E-state index in [2.05, 4.69) is 24.5 Å². The van der Waals surface area contributed by atoms with Crippen molar-refractivity contribution in [2.75, 3.05) is 13.1 Å². The summed E-state index contributed by atoms with van der Waals surface area (Å²) in [5, 5.41) is 15.4. The van der Waals surface area contributed by atoms with Crippen LogP contribution in [0.2, 0.25) is 0 Å². The molecule has 3 N–H and O–H groups in total. The lowest BCUT2D eigenvalue weighted by molar-refractivity contribution is 0.173. The number of aliphatic hydroxyl groups excluding tert-OH is 1. The van der Waals surface area contributed by atoms with Gasteiger partial charge in [0.25, 0.3) is 0 Å². The third kappa shape index (κ3) is 7.71. The van der Waals surface area contributed by atoms with Crippen molar-refractivity contribution in [3.05, 3.63) is 35.9 Å². The summed E-state index contributed by atoms with van der Waals surface area (Å²) in [4.78, 5) is 11.8. The van der Waals surface area contributed by atoms with E-state index in [1.165, 1.54) is 0 Å². The first kappa shape index (κ1) is 17.5. The van der Waals surface area contributed by atoms with Gasteiger partial charge in [0.2, 0.25) is 0 Å². The van der Waals surface area contributed by atoms with Crippen LogP contribution in [0.1, 0.15) is 45.1 Å². The van der Waals surface area contributed by atoms with Crippen LogP contribution in [-0.2, 0) is 0 Å². The lowest BCUT2D eigenvalue weighted by Crippen LogP contribution is -2.38. The van der Waals surface area contributed by atoms with Crippen LogP contribution in [0.25, 0.3) is 0 Å². The van der Waals surface area contributed by atoms with Gasteiger partial charge < -0.3 is 15.7 Å². The maximum Gasteiger partial charge on any atom is 0.314 e. The van der Waals surface area contributed by atoms with E-state index in [1.807, 2.05) is 30.3 Å². The quantitative estimate of drug-likeness (QED) is 0.690. The molecule has 0 saturated heterocycles. The number of nitrogens with one attached hydrogen (secondary N) is 2. The summed E-state index contributed by atoms with van der Waals surface area (Å²) in [5.74, 6) is 0.708. The predicted octanol–water partition coefficient (Wildman–Crippen LogP) is 2.89. The Labute approximate surface area is 128 Å². The fourth-order valence-electron chi connectivity index (χ4n) is 2.23. The van der Waals surface area contributed by atoms with Crippen LogP contribution in [-0.4, -0.2) is 30.3 Å². The number of carbonyl (C=O) groups is 1. The van der Waals surface area contributed by atoms with Crippen molar-refractivity contribution in [3.8, 4) is 0 Å². The zero-order valence-electron chi connectivity index (χ0n) is 13.3. The maximum absolute atomic E-state index is 11.8. The molecule has 1 aromatic rings. The van der Waals surface area contributed by atoms with Crippen LogP contribution in [0.3, 0.4) is 0 Å². The summed E-state index contributed by atoms with van der Waals surface area (Å²) in [5.41, 5.74) is 1.14. The molecule has 0 aliphatic heterocycles. The largest absolute Gasteiger partial charge is 0.393 e. The molecule has 4 heteroatoms. The second-order valence-corrected chi connectivity index (χ2v) is 6.01. The molecule has 0 fully saturated rings. The van der Waals surface area contributed by atoms with Crippen LogP contribution in [0.15, 0.2) is 30.3 Å². The third-order valence-electron chi connectivity index (χ3n) is 3.41. The topological polar surface area (TPSA) is 61.4 Å². The Hall–Kier alpha value is -1.55. The Morgan fingerprint density at radius 3 is 2.38 bits per heavy atom. The molecule has 0 heterocycles. The Bertz CT molecular complexity index is 405. The fraction of sp³-hybridized carbons (Fsp3) is 0.588. The van der Waals surface area contributed by atoms with Crippen molar-refractivity contribution in [2.45, 2.75) is 45.6 Å². The number of carbonyl (C=O) groups excluding carboxylic acids is 1. The van der Waals surface area contributed by atoms with Gasteiger partial charge in [0.05, 0.1) is 6.10 Å². The molecule has 0 radical (unpaired) electrons. The first-order valence-electron chi connectivity index (χ1n) is 7.73. The average Bonchev–Trinajstić information content (AvgIpc) is 2.43. The van der Waals surface area contributed by atoms with E-state index in [9.17, 15) is 9.90 Å². The Kier molecular flexibility index (Phi) is 7.83. The summed E-state index contributed by atoms with van der Waals surface area (Å²) in [7, 11) is 0. The van der Waals surface area contributed by atoms with Gasteiger partial charge in [-0.25, -0.2) is 4.79 Å². The Morgan fingerprint density at radius 2 is 1.81 bits per heavy atom. The van der Waals surface area contributed by atoms with E-state index in [0.717, 1.165) is 12.0 Å². The first-order chi connectivity index (χ1) is 9.99. The van der Waals surface area contributed by atoms with Crippen LogP contribution in [0.5, 0.6) is 0 Å². The molecule has 2 atom stereocenters. The zero-order chi connectivity index (χ0) is 15.7. The number of hydrogen-bond acceptors (Lipinski definition) is 2.